The van der Waals surface area contributed by atoms with Gasteiger partial charge in [0.05, 0.1) is 11.4 Å². The highest BCUT2D eigenvalue weighted by Crippen LogP contribution is 2.54. The fourth-order valence-corrected chi connectivity index (χ4v) is 15.1. The molecule has 13 rings (SSSR count). The summed E-state index contributed by atoms with van der Waals surface area (Å²) in [5.41, 5.74) is 35.1. The Labute approximate surface area is 481 Å². The molecule has 1 heterocycles. The van der Waals surface area contributed by atoms with E-state index in [9.17, 15) is 0 Å². The summed E-state index contributed by atoms with van der Waals surface area (Å²) in [7, 11) is 0. The van der Waals surface area contributed by atoms with E-state index in [0.29, 0.717) is 0 Å². The quantitative estimate of drug-likeness (QED) is 0.103. The maximum absolute atomic E-state index is 2.50. The number of aryl methyl sites for hydroxylation is 12. The van der Waals surface area contributed by atoms with Crippen LogP contribution in [0.4, 0.5) is 17.1 Å². The van der Waals surface area contributed by atoms with Gasteiger partial charge in [0.15, 0.2) is 0 Å². The summed E-state index contributed by atoms with van der Waals surface area (Å²) < 4.78 is 0. The van der Waals surface area contributed by atoms with E-state index in [0.717, 1.165) is 5.69 Å². The van der Waals surface area contributed by atoms with Crippen LogP contribution in [-0.2, 0) is 0 Å². The highest BCUT2D eigenvalue weighted by atomic mass is 15.2. The normalized spacial score (nSPS) is 11.9. The highest BCUT2D eigenvalue weighted by molar-refractivity contribution is 6.97. The summed E-state index contributed by atoms with van der Waals surface area (Å²) in [4.78, 5) is 2.50. The van der Waals surface area contributed by atoms with E-state index in [2.05, 4.69) is 288 Å². The van der Waals surface area contributed by atoms with Crippen LogP contribution in [0.15, 0.2) is 200 Å². The SMILES string of the molecule is Cc1cc(C)c(B(c2ccc(-c3ccc4c(c3)N(c3ccccc3)c3cccc5c3c-4cc3c4ccccc4c(-c4ccc(B(c6c(C)cc(C)cc6C)c6c(C)cc(C)cc6C)cc4)cc53)cc2)c2c(C)cc(C)cc2C)c(C)c1. The van der Waals surface area contributed by atoms with Crippen molar-refractivity contribution in [1.29, 1.82) is 0 Å². The van der Waals surface area contributed by atoms with E-state index >= 15 is 0 Å². The predicted molar refractivity (Wildman–Crippen MR) is 355 cm³/mol. The lowest BCUT2D eigenvalue weighted by Gasteiger charge is -2.34. The van der Waals surface area contributed by atoms with Crippen LogP contribution in [0.5, 0.6) is 0 Å². The first-order valence-corrected chi connectivity index (χ1v) is 29.0. The first-order chi connectivity index (χ1) is 39.1. The molecule has 3 heteroatoms. The maximum Gasteiger partial charge on any atom is 0.242 e. The maximum atomic E-state index is 2.50. The van der Waals surface area contributed by atoms with Gasteiger partial charge in [-0.2, -0.15) is 0 Å². The van der Waals surface area contributed by atoms with Crippen LogP contribution in [0.1, 0.15) is 66.8 Å². The Morgan fingerprint density at radius 3 is 1.14 bits per heavy atom. The minimum atomic E-state index is 0.112. The van der Waals surface area contributed by atoms with Gasteiger partial charge in [0.25, 0.3) is 0 Å². The first-order valence-electron chi connectivity index (χ1n) is 29.0. The molecule has 1 aliphatic heterocycles. The Morgan fingerprint density at radius 1 is 0.259 bits per heavy atom. The smallest absolute Gasteiger partial charge is 0.242 e. The zero-order valence-corrected chi connectivity index (χ0v) is 49.2. The molecule has 0 saturated heterocycles. The summed E-state index contributed by atoms with van der Waals surface area (Å²) in [6, 6.07) is 77.0. The summed E-state index contributed by atoms with van der Waals surface area (Å²) in [5, 5.41) is 7.60. The molecule has 0 unspecified atom stereocenters. The van der Waals surface area contributed by atoms with Gasteiger partial charge in [0, 0.05) is 16.6 Å². The summed E-state index contributed by atoms with van der Waals surface area (Å²) in [5.74, 6) is 0. The second-order valence-corrected chi connectivity index (χ2v) is 24.0. The number of rotatable bonds is 9. The topological polar surface area (TPSA) is 3.24 Å². The van der Waals surface area contributed by atoms with Crippen LogP contribution in [0.25, 0.3) is 65.7 Å². The third kappa shape index (κ3) is 8.81. The van der Waals surface area contributed by atoms with Gasteiger partial charge in [-0.15, -0.1) is 0 Å². The molecule has 0 aliphatic carbocycles. The molecule has 0 radical (unpaired) electrons. The van der Waals surface area contributed by atoms with Gasteiger partial charge in [0.2, 0.25) is 13.4 Å². The Morgan fingerprint density at radius 2 is 0.654 bits per heavy atom. The minimum Gasteiger partial charge on any atom is -0.309 e. The lowest BCUT2D eigenvalue weighted by molar-refractivity contribution is 1.29. The number of hydrogen-bond donors (Lipinski definition) is 0. The molecule has 0 bridgehead atoms. The molecule has 0 amide bonds. The fourth-order valence-electron chi connectivity index (χ4n) is 15.1. The van der Waals surface area contributed by atoms with Crippen molar-refractivity contribution in [2.24, 2.45) is 0 Å². The van der Waals surface area contributed by atoms with Crippen LogP contribution in [0.3, 0.4) is 0 Å². The number of para-hydroxylation sites is 1. The van der Waals surface area contributed by atoms with E-state index in [-0.39, 0.29) is 13.4 Å². The average molecular weight is 1040 g/mol. The third-order valence-corrected chi connectivity index (χ3v) is 18.0. The van der Waals surface area contributed by atoms with Gasteiger partial charge in [-0.05, 0) is 174 Å². The molecule has 0 spiro atoms. The molecule has 12 aromatic rings. The number of benzene rings is 12. The highest BCUT2D eigenvalue weighted by Gasteiger charge is 2.32. The zero-order valence-electron chi connectivity index (χ0n) is 49.2. The van der Waals surface area contributed by atoms with Crippen molar-refractivity contribution >= 4 is 95.6 Å². The molecule has 12 aromatic carbocycles. The van der Waals surface area contributed by atoms with Crippen molar-refractivity contribution in [2.45, 2.75) is 83.1 Å². The predicted octanol–water partition coefficient (Wildman–Crippen LogP) is 16.7. The van der Waals surface area contributed by atoms with Crippen molar-refractivity contribution in [3.8, 4) is 33.4 Å². The summed E-state index contributed by atoms with van der Waals surface area (Å²) >= 11 is 0. The molecule has 0 fully saturated rings. The van der Waals surface area contributed by atoms with Gasteiger partial charge < -0.3 is 4.90 Å². The van der Waals surface area contributed by atoms with Crippen molar-refractivity contribution in [1.82, 2.24) is 0 Å². The van der Waals surface area contributed by atoms with Crippen LogP contribution in [0.2, 0.25) is 0 Å². The van der Waals surface area contributed by atoms with E-state index in [1.165, 1.54) is 177 Å². The second kappa shape index (κ2) is 20.2. The molecule has 392 valence electrons. The van der Waals surface area contributed by atoms with Gasteiger partial charge in [-0.25, -0.2) is 0 Å². The van der Waals surface area contributed by atoms with Crippen molar-refractivity contribution in [3.63, 3.8) is 0 Å². The molecule has 0 atom stereocenters. The Balaban J connectivity index is 0.950. The first kappa shape index (κ1) is 51.8. The standard InChI is InChI=1S/C78H69B2N/c1-46-35-50(5)75(51(6)36-46)79(76-52(7)37-47(2)38-53(76)8)61-30-25-58(26-31-61)60-29-34-66-71-45-69-65-22-17-16-21-64(65)68(44-70(69)67-23-18-24-72(74(67)71)81(73(66)43-60)63-19-14-13-15-20-63)59-27-32-62(33-28-59)80(77-54(9)39-48(3)40-55(77)10)78-56(11)41-49(4)42-57(78)12/h13-45H,1-12H3. The minimum absolute atomic E-state index is 0.112. The zero-order chi connectivity index (χ0) is 56.1. The third-order valence-electron chi connectivity index (χ3n) is 18.0. The molecular formula is C78H69B2N. The van der Waals surface area contributed by atoms with Crippen LogP contribution in [-0.4, -0.2) is 13.4 Å². The molecule has 1 nitrogen and oxygen atoms in total. The Bertz CT molecular complexity index is 4320. The van der Waals surface area contributed by atoms with Gasteiger partial charge >= 0.3 is 0 Å². The number of hydrogen-bond acceptors (Lipinski definition) is 1. The van der Waals surface area contributed by atoms with Crippen molar-refractivity contribution in [3.05, 3.63) is 267 Å². The van der Waals surface area contributed by atoms with Crippen LogP contribution in [0, 0.1) is 83.1 Å². The second-order valence-electron chi connectivity index (χ2n) is 24.0. The molecule has 1 aliphatic rings. The fraction of sp³-hybridized carbons (Fsp3) is 0.154. The molecule has 0 aromatic heterocycles. The van der Waals surface area contributed by atoms with E-state index < -0.39 is 0 Å². The molecule has 81 heavy (non-hydrogen) atoms. The number of nitrogens with zero attached hydrogens (tertiary/aromatic N) is 1. The lowest BCUT2D eigenvalue weighted by atomic mass is 9.34. The monoisotopic (exact) mass is 1040 g/mol. The molecule has 0 N–H and O–H groups in total. The largest absolute Gasteiger partial charge is 0.309 e. The summed E-state index contributed by atoms with van der Waals surface area (Å²) in [6.07, 6.45) is 0. The Hall–Kier alpha value is -8.65. The molecular weight excluding hydrogens is 972 g/mol. The van der Waals surface area contributed by atoms with Crippen molar-refractivity contribution in [2.75, 3.05) is 4.90 Å². The van der Waals surface area contributed by atoms with Gasteiger partial charge in [-0.3, -0.25) is 0 Å². The van der Waals surface area contributed by atoms with Crippen LogP contribution >= 0.6 is 0 Å². The number of fused-ring (bicyclic) bond motifs is 6. The summed E-state index contributed by atoms with van der Waals surface area (Å²) in [6.45, 7) is 27.4. The Kier molecular flexibility index (Phi) is 12.9. The van der Waals surface area contributed by atoms with Crippen LogP contribution < -0.4 is 37.7 Å². The lowest BCUT2D eigenvalue weighted by Crippen LogP contribution is -2.55. The van der Waals surface area contributed by atoms with E-state index in [1.54, 1.807) is 0 Å². The van der Waals surface area contributed by atoms with E-state index in [1.807, 2.05) is 0 Å². The number of anilines is 3. The molecule has 0 saturated carbocycles. The van der Waals surface area contributed by atoms with Gasteiger partial charge in [0.1, 0.15) is 0 Å². The van der Waals surface area contributed by atoms with E-state index in [4.69, 9.17) is 0 Å². The van der Waals surface area contributed by atoms with Crippen molar-refractivity contribution < 1.29 is 0 Å². The van der Waals surface area contributed by atoms with Gasteiger partial charge in [-0.1, -0.05) is 263 Å². The average Bonchev–Trinajstić information content (AvgIpc) is 2.73.